The van der Waals surface area contributed by atoms with Crippen LogP contribution in [0.5, 0.6) is 0 Å². The molecule has 13 heavy (non-hydrogen) atoms. The molecule has 1 heterocycles. The van der Waals surface area contributed by atoms with Crippen molar-refractivity contribution >= 4 is 23.2 Å². The second-order valence-electron chi connectivity index (χ2n) is 2.82. The van der Waals surface area contributed by atoms with Gasteiger partial charge in [-0.05, 0) is 0 Å². The highest BCUT2D eigenvalue weighted by molar-refractivity contribution is 6.49. The van der Waals surface area contributed by atoms with Crippen molar-refractivity contribution in [1.29, 1.82) is 0 Å². The molecule has 0 unspecified atom stereocenters. The molecule has 0 saturated carbocycles. The highest BCUT2D eigenvalue weighted by atomic mass is 35.5. The van der Waals surface area contributed by atoms with Crippen LogP contribution >= 0.6 is 23.2 Å². The summed E-state index contributed by atoms with van der Waals surface area (Å²) in [6.45, 7) is -0.543. The Balaban J connectivity index is 2.79. The van der Waals surface area contributed by atoms with Gasteiger partial charge in [0, 0.05) is 0 Å². The van der Waals surface area contributed by atoms with E-state index in [1.54, 1.807) is 0 Å². The Morgan fingerprint density at radius 2 is 1.77 bits per heavy atom. The van der Waals surface area contributed by atoms with Crippen molar-refractivity contribution in [2.24, 2.45) is 0 Å². The van der Waals surface area contributed by atoms with Crippen molar-refractivity contribution < 1.29 is 25.2 Å². The fourth-order valence-corrected chi connectivity index (χ4v) is 1.43. The summed E-state index contributed by atoms with van der Waals surface area (Å²) >= 11 is 11.0. The third kappa shape index (κ3) is 1.92. The van der Waals surface area contributed by atoms with E-state index in [9.17, 15) is 10.2 Å². The summed E-state index contributed by atoms with van der Waals surface area (Å²) in [6, 6.07) is 0. The van der Waals surface area contributed by atoms with Crippen molar-refractivity contribution in [2.45, 2.75) is 28.9 Å². The number of hydrogen-bond acceptors (Lipinski definition) is 5. The van der Waals surface area contributed by atoms with E-state index in [0.717, 1.165) is 0 Å². The first kappa shape index (κ1) is 11.5. The van der Waals surface area contributed by atoms with E-state index >= 15 is 0 Å². The third-order valence-electron chi connectivity index (χ3n) is 1.91. The first-order valence-corrected chi connectivity index (χ1v) is 4.35. The van der Waals surface area contributed by atoms with Crippen LogP contribution in [0.1, 0.15) is 0 Å². The zero-order valence-electron chi connectivity index (χ0n) is 6.47. The average Bonchev–Trinajstić information content (AvgIpc) is 2.09. The standard InChI is InChI=1S/C6H10Cl2O5/c7-6(8)4(11)3(10)2(1-9)13-5(6)12/h2-5,9-12H,1H2/t2-,3-,4-,5+/m0/s1. The number of rotatable bonds is 1. The van der Waals surface area contributed by atoms with Crippen molar-refractivity contribution in [3.8, 4) is 0 Å². The van der Waals surface area contributed by atoms with Crippen LogP contribution in [0.4, 0.5) is 0 Å². The maximum absolute atomic E-state index is 9.31. The fourth-order valence-electron chi connectivity index (χ4n) is 1.06. The van der Waals surface area contributed by atoms with Gasteiger partial charge in [0.1, 0.15) is 18.3 Å². The second-order valence-corrected chi connectivity index (χ2v) is 4.26. The van der Waals surface area contributed by atoms with Gasteiger partial charge in [-0.2, -0.15) is 0 Å². The van der Waals surface area contributed by atoms with E-state index < -0.39 is 35.5 Å². The van der Waals surface area contributed by atoms with Gasteiger partial charge in [-0.25, -0.2) is 0 Å². The van der Waals surface area contributed by atoms with Crippen molar-refractivity contribution in [1.82, 2.24) is 0 Å². The van der Waals surface area contributed by atoms with E-state index in [1.165, 1.54) is 0 Å². The fraction of sp³-hybridized carbons (Fsp3) is 1.00. The molecule has 1 saturated heterocycles. The molecule has 0 aromatic rings. The molecule has 1 fully saturated rings. The van der Waals surface area contributed by atoms with Gasteiger partial charge < -0.3 is 25.2 Å². The van der Waals surface area contributed by atoms with Crippen LogP contribution in [0.3, 0.4) is 0 Å². The number of hydrogen-bond donors (Lipinski definition) is 4. The van der Waals surface area contributed by atoms with Crippen LogP contribution in [-0.4, -0.2) is 56.0 Å². The summed E-state index contributed by atoms with van der Waals surface area (Å²) in [5.74, 6) is 0. The number of aliphatic hydroxyl groups is 4. The van der Waals surface area contributed by atoms with Gasteiger partial charge in [0.15, 0.2) is 10.6 Å². The molecule has 0 aromatic heterocycles. The molecular weight excluding hydrogens is 223 g/mol. The third-order valence-corrected chi connectivity index (χ3v) is 2.73. The maximum atomic E-state index is 9.31. The Hall–Kier alpha value is 0.380. The van der Waals surface area contributed by atoms with Gasteiger partial charge in [0.2, 0.25) is 0 Å². The number of halogens is 2. The van der Waals surface area contributed by atoms with E-state index in [4.69, 9.17) is 33.4 Å². The molecule has 0 aromatic carbocycles. The topological polar surface area (TPSA) is 90.2 Å². The monoisotopic (exact) mass is 232 g/mol. The molecule has 5 nitrogen and oxygen atoms in total. The summed E-state index contributed by atoms with van der Waals surface area (Å²) in [5, 5.41) is 36.4. The molecule has 1 rings (SSSR count). The van der Waals surface area contributed by atoms with Gasteiger partial charge in [-0.3, -0.25) is 0 Å². The van der Waals surface area contributed by atoms with Crippen molar-refractivity contribution in [3.63, 3.8) is 0 Å². The molecule has 0 amide bonds. The number of ether oxygens (including phenoxy) is 1. The molecule has 0 spiro atoms. The lowest BCUT2D eigenvalue weighted by atomic mass is 10.0. The Labute approximate surface area is 84.5 Å². The largest absolute Gasteiger partial charge is 0.394 e. The van der Waals surface area contributed by atoms with E-state index in [2.05, 4.69) is 4.74 Å². The Morgan fingerprint density at radius 3 is 2.23 bits per heavy atom. The lowest BCUT2D eigenvalue weighted by molar-refractivity contribution is -0.244. The number of aliphatic hydroxyl groups excluding tert-OH is 4. The van der Waals surface area contributed by atoms with E-state index in [1.807, 2.05) is 0 Å². The minimum Gasteiger partial charge on any atom is -0.394 e. The lowest BCUT2D eigenvalue weighted by Crippen LogP contribution is -2.61. The maximum Gasteiger partial charge on any atom is 0.196 e. The zero-order valence-corrected chi connectivity index (χ0v) is 7.98. The van der Waals surface area contributed by atoms with E-state index in [0.29, 0.717) is 0 Å². The van der Waals surface area contributed by atoms with Crippen molar-refractivity contribution in [2.75, 3.05) is 6.61 Å². The van der Waals surface area contributed by atoms with Crippen LogP contribution < -0.4 is 0 Å². The normalized spacial score (nSPS) is 44.8. The van der Waals surface area contributed by atoms with Crippen molar-refractivity contribution in [3.05, 3.63) is 0 Å². The molecule has 7 heteroatoms. The molecule has 4 N–H and O–H groups in total. The van der Waals surface area contributed by atoms with Gasteiger partial charge in [-0.1, -0.05) is 23.2 Å². The molecule has 1 aliphatic rings. The molecule has 1 aliphatic heterocycles. The average molecular weight is 233 g/mol. The summed E-state index contributed by atoms with van der Waals surface area (Å²) in [5.41, 5.74) is 0. The Kier molecular flexibility index (Phi) is 3.40. The van der Waals surface area contributed by atoms with E-state index in [-0.39, 0.29) is 0 Å². The number of alkyl halides is 2. The van der Waals surface area contributed by atoms with Gasteiger partial charge >= 0.3 is 0 Å². The predicted octanol–water partition coefficient (Wildman–Crippen LogP) is -1.41. The van der Waals surface area contributed by atoms with Gasteiger partial charge in [-0.15, -0.1) is 0 Å². The molecule has 0 radical (unpaired) electrons. The highest BCUT2D eigenvalue weighted by Crippen LogP contribution is 2.37. The molecule has 78 valence electrons. The minimum atomic E-state index is -1.98. The molecule has 0 bridgehead atoms. The Bertz CT molecular complexity index is 188. The van der Waals surface area contributed by atoms with Crippen LogP contribution in [-0.2, 0) is 4.74 Å². The zero-order chi connectivity index (χ0) is 10.2. The van der Waals surface area contributed by atoms with Crippen LogP contribution in [0.25, 0.3) is 0 Å². The van der Waals surface area contributed by atoms with Gasteiger partial charge in [0.05, 0.1) is 6.61 Å². The molecular formula is C6H10Cl2O5. The highest BCUT2D eigenvalue weighted by Gasteiger charge is 2.53. The minimum absolute atomic E-state index is 0.543. The first-order chi connectivity index (χ1) is 5.91. The SMILES string of the molecule is OC[C@@H]1O[C@@H](O)C(Cl)(Cl)[C@@H](O)[C@H]1O. The summed E-state index contributed by atoms with van der Waals surface area (Å²) in [7, 11) is 0. The summed E-state index contributed by atoms with van der Waals surface area (Å²) < 4.78 is 2.68. The van der Waals surface area contributed by atoms with Crippen LogP contribution in [0.15, 0.2) is 0 Å². The van der Waals surface area contributed by atoms with Crippen LogP contribution in [0, 0.1) is 0 Å². The molecule has 4 atom stereocenters. The van der Waals surface area contributed by atoms with Gasteiger partial charge in [0.25, 0.3) is 0 Å². The predicted molar refractivity (Wildman–Crippen MR) is 44.4 cm³/mol. The van der Waals surface area contributed by atoms with Crippen LogP contribution in [0.2, 0.25) is 0 Å². The summed E-state index contributed by atoms with van der Waals surface area (Å²) in [4.78, 5) is 0. The molecule has 0 aliphatic carbocycles. The lowest BCUT2D eigenvalue weighted by Gasteiger charge is -2.41. The first-order valence-electron chi connectivity index (χ1n) is 3.59. The second kappa shape index (κ2) is 3.86. The summed E-state index contributed by atoms with van der Waals surface area (Å²) in [6.07, 6.45) is -5.73. The quantitative estimate of drug-likeness (QED) is 0.418. The smallest absolute Gasteiger partial charge is 0.196 e. The Morgan fingerprint density at radius 1 is 1.23 bits per heavy atom.